The van der Waals surface area contributed by atoms with Gasteiger partial charge in [-0.1, -0.05) is 13.0 Å². The summed E-state index contributed by atoms with van der Waals surface area (Å²) in [6, 6.07) is 6.71. The Balaban J connectivity index is 2.18. The number of ether oxygens (including phenoxy) is 2. The third-order valence-electron chi connectivity index (χ3n) is 3.47. The van der Waals surface area contributed by atoms with E-state index in [2.05, 4.69) is 24.4 Å². The molecule has 1 unspecified atom stereocenters. The van der Waals surface area contributed by atoms with Crippen LogP contribution in [0.2, 0.25) is 0 Å². The quantitative estimate of drug-likeness (QED) is 0.805. The molecule has 3 heteroatoms. The van der Waals surface area contributed by atoms with E-state index in [4.69, 9.17) is 9.47 Å². The Labute approximate surface area is 109 Å². The summed E-state index contributed by atoms with van der Waals surface area (Å²) in [5, 5.41) is 3.64. The maximum atomic E-state index is 5.38. The van der Waals surface area contributed by atoms with Crippen LogP contribution >= 0.6 is 0 Å². The van der Waals surface area contributed by atoms with E-state index in [-0.39, 0.29) is 0 Å². The molecule has 0 aliphatic heterocycles. The molecule has 3 nitrogen and oxygen atoms in total. The van der Waals surface area contributed by atoms with E-state index in [1.165, 1.54) is 18.4 Å². The molecule has 1 atom stereocenters. The number of rotatable bonds is 7. The third kappa shape index (κ3) is 2.96. The summed E-state index contributed by atoms with van der Waals surface area (Å²) in [6.07, 6.45) is 3.82. The van der Waals surface area contributed by atoms with Gasteiger partial charge in [0, 0.05) is 6.04 Å². The lowest BCUT2D eigenvalue weighted by Gasteiger charge is -2.20. The van der Waals surface area contributed by atoms with E-state index in [0.29, 0.717) is 6.04 Å². The summed E-state index contributed by atoms with van der Waals surface area (Å²) in [5.74, 6) is 2.40. The molecule has 1 fully saturated rings. The van der Waals surface area contributed by atoms with Crippen LogP contribution in [-0.2, 0) is 0 Å². The molecule has 0 saturated heterocycles. The molecule has 0 radical (unpaired) electrons. The molecule has 0 spiro atoms. The summed E-state index contributed by atoms with van der Waals surface area (Å²) < 4.78 is 10.7. The minimum atomic E-state index is 0.463. The second-order valence-corrected chi connectivity index (χ2v) is 4.88. The Kier molecular flexibility index (Phi) is 4.48. The van der Waals surface area contributed by atoms with Gasteiger partial charge in [0.05, 0.1) is 14.2 Å². The standard InChI is InChI=1S/C15H23NO2/c1-4-9-16-15(11-5-6-11)12-7-8-13(17-2)14(10-12)18-3/h7-8,10-11,15-16H,4-6,9H2,1-3H3. The molecule has 0 heterocycles. The van der Waals surface area contributed by atoms with Gasteiger partial charge in [-0.05, 0) is 49.4 Å². The highest BCUT2D eigenvalue weighted by Gasteiger charge is 2.32. The van der Waals surface area contributed by atoms with Gasteiger partial charge in [0.15, 0.2) is 11.5 Å². The Morgan fingerprint density at radius 2 is 1.94 bits per heavy atom. The molecule has 1 N–H and O–H groups in total. The highest BCUT2D eigenvalue weighted by Crippen LogP contribution is 2.42. The first-order valence-corrected chi connectivity index (χ1v) is 6.75. The fourth-order valence-electron chi connectivity index (χ4n) is 2.33. The molecule has 1 aromatic rings. The summed E-state index contributed by atoms with van der Waals surface area (Å²) in [6.45, 7) is 3.26. The number of hydrogen-bond acceptors (Lipinski definition) is 3. The van der Waals surface area contributed by atoms with Gasteiger partial charge in [0.1, 0.15) is 0 Å². The van der Waals surface area contributed by atoms with Crippen molar-refractivity contribution < 1.29 is 9.47 Å². The summed E-state index contributed by atoms with van der Waals surface area (Å²) in [7, 11) is 3.36. The molecule has 100 valence electrons. The highest BCUT2D eigenvalue weighted by atomic mass is 16.5. The Morgan fingerprint density at radius 1 is 1.22 bits per heavy atom. The molecule has 1 saturated carbocycles. The smallest absolute Gasteiger partial charge is 0.161 e. The minimum Gasteiger partial charge on any atom is -0.493 e. The van der Waals surface area contributed by atoms with E-state index in [1.807, 2.05) is 6.07 Å². The molecule has 0 bridgehead atoms. The van der Waals surface area contributed by atoms with Gasteiger partial charge in [-0.3, -0.25) is 0 Å². The largest absolute Gasteiger partial charge is 0.493 e. The number of benzene rings is 1. The zero-order valence-electron chi connectivity index (χ0n) is 11.5. The van der Waals surface area contributed by atoms with Gasteiger partial charge in [-0.2, -0.15) is 0 Å². The van der Waals surface area contributed by atoms with E-state index < -0.39 is 0 Å². The summed E-state index contributed by atoms with van der Waals surface area (Å²) in [5.41, 5.74) is 1.31. The van der Waals surface area contributed by atoms with Crippen molar-refractivity contribution in [2.75, 3.05) is 20.8 Å². The SMILES string of the molecule is CCCNC(c1ccc(OC)c(OC)c1)C1CC1. The average Bonchev–Trinajstić information content (AvgIpc) is 3.23. The lowest BCUT2D eigenvalue weighted by Crippen LogP contribution is -2.23. The lowest BCUT2D eigenvalue weighted by molar-refractivity contribution is 0.353. The molecule has 0 aromatic heterocycles. The third-order valence-corrected chi connectivity index (χ3v) is 3.47. The van der Waals surface area contributed by atoms with Crippen molar-refractivity contribution in [1.82, 2.24) is 5.32 Å². The molecule has 0 amide bonds. The molecular formula is C15H23NO2. The van der Waals surface area contributed by atoms with E-state index in [0.717, 1.165) is 30.4 Å². The van der Waals surface area contributed by atoms with Crippen LogP contribution in [0.1, 0.15) is 37.8 Å². The average molecular weight is 249 g/mol. The number of methoxy groups -OCH3 is 2. The van der Waals surface area contributed by atoms with Gasteiger partial charge in [0.2, 0.25) is 0 Å². The van der Waals surface area contributed by atoms with Crippen LogP contribution in [0.25, 0.3) is 0 Å². The molecular weight excluding hydrogens is 226 g/mol. The fourth-order valence-corrected chi connectivity index (χ4v) is 2.33. The first kappa shape index (κ1) is 13.2. The van der Waals surface area contributed by atoms with Gasteiger partial charge >= 0.3 is 0 Å². The van der Waals surface area contributed by atoms with Gasteiger partial charge in [-0.25, -0.2) is 0 Å². The lowest BCUT2D eigenvalue weighted by atomic mass is 10.0. The minimum absolute atomic E-state index is 0.463. The van der Waals surface area contributed by atoms with Gasteiger partial charge in [-0.15, -0.1) is 0 Å². The second kappa shape index (κ2) is 6.10. The number of nitrogens with one attached hydrogen (secondary N) is 1. The van der Waals surface area contributed by atoms with E-state index in [9.17, 15) is 0 Å². The Hall–Kier alpha value is -1.22. The zero-order valence-corrected chi connectivity index (χ0v) is 11.5. The molecule has 2 rings (SSSR count). The van der Waals surface area contributed by atoms with E-state index >= 15 is 0 Å². The van der Waals surface area contributed by atoms with Crippen molar-refractivity contribution >= 4 is 0 Å². The molecule has 1 aromatic carbocycles. The van der Waals surface area contributed by atoms with Crippen LogP contribution in [0.15, 0.2) is 18.2 Å². The normalized spacial score (nSPS) is 16.4. The predicted octanol–water partition coefficient (Wildman–Crippen LogP) is 3.15. The van der Waals surface area contributed by atoms with Crippen molar-refractivity contribution in [3.63, 3.8) is 0 Å². The monoisotopic (exact) mass is 249 g/mol. The predicted molar refractivity (Wildman–Crippen MR) is 73.3 cm³/mol. The summed E-state index contributed by atoms with van der Waals surface area (Å²) >= 11 is 0. The van der Waals surface area contributed by atoms with Crippen molar-refractivity contribution in [2.45, 2.75) is 32.2 Å². The topological polar surface area (TPSA) is 30.5 Å². The highest BCUT2D eigenvalue weighted by molar-refractivity contribution is 5.44. The molecule has 18 heavy (non-hydrogen) atoms. The van der Waals surface area contributed by atoms with Crippen LogP contribution in [0.5, 0.6) is 11.5 Å². The molecule has 1 aliphatic rings. The van der Waals surface area contributed by atoms with Crippen LogP contribution < -0.4 is 14.8 Å². The Bertz CT molecular complexity index is 388. The van der Waals surface area contributed by atoms with Crippen molar-refractivity contribution in [3.8, 4) is 11.5 Å². The van der Waals surface area contributed by atoms with Crippen molar-refractivity contribution in [1.29, 1.82) is 0 Å². The van der Waals surface area contributed by atoms with Crippen LogP contribution in [0.3, 0.4) is 0 Å². The zero-order chi connectivity index (χ0) is 13.0. The maximum absolute atomic E-state index is 5.38. The van der Waals surface area contributed by atoms with Crippen LogP contribution in [0.4, 0.5) is 0 Å². The van der Waals surface area contributed by atoms with Crippen LogP contribution in [0, 0.1) is 5.92 Å². The first-order valence-electron chi connectivity index (χ1n) is 6.75. The van der Waals surface area contributed by atoms with Gasteiger partial charge in [0.25, 0.3) is 0 Å². The summed E-state index contributed by atoms with van der Waals surface area (Å²) in [4.78, 5) is 0. The van der Waals surface area contributed by atoms with Crippen molar-refractivity contribution in [2.24, 2.45) is 5.92 Å². The maximum Gasteiger partial charge on any atom is 0.161 e. The molecule has 1 aliphatic carbocycles. The Morgan fingerprint density at radius 3 is 2.50 bits per heavy atom. The van der Waals surface area contributed by atoms with E-state index in [1.54, 1.807) is 14.2 Å². The fraction of sp³-hybridized carbons (Fsp3) is 0.600. The van der Waals surface area contributed by atoms with Crippen LogP contribution in [-0.4, -0.2) is 20.8 Å². The second-order valence-electron chi connectivity index (χ2n) is 4.88. The van der Waals surface area contributed by atoms with Crippen molar-refractivity contribution in [3.05, 3.63) is 23.8 Å². The number of hydrogen-bond donors (Lipinski definition) is 1. The van der Waals surface area contributed by atoms with Gasteiger partial charge < -0.3 is 14.8 Å². The first-order chi connectivity index (χ1) is 8.80.